The lowest BCUT2D eigenvalue weighted by Gasteiger charge is -2.22. The topological polar surface area (TPSA) is 99.0 Å². The Bertz CT molecular complexity index is 605. The van der Waals surface area contributed by atoms with Gasteiger partial charge in [0.05, 0.1) is 17.7 Å². The van der Waals surface area contributed by atoms with Crippen LogP contribution in [-0.4, -0.2) is 47.2 Å². The van der Waals surface area contributed by atoms with Gasteiger partial charge in [-0.15, -0.1) is 11.3 Å². The van der Waals surface area contributed by atoms with Crippen LogP contribution in [0.2, 0.25) is 0 Å². The molecule has 0 aliphatic carbocycles. The van der Waals surface area contributed by atoms with Gasteiger partial charge in [0.2, 0.25) is 0 Å². The van der Waals surface area contributed by atoms with Crippen molar-refractivity contribution in [2.45, 2.75) is 25.8 Å². The molecule has 0 atom stereocenters. The molecule has 3 N–H and O–H groups in total. The first-order chi connectivity index (χ1) is 10.5. The minimum Gasteiger partial charge on any atom is -0.394 e. The van der Waals surface area contributed by atoms with Crippen molar-refractivity contribution in [3.05, 3.63) is 28.0 Å². The van der Waals surface area contributed by atoms with Crippen molar-refractivity contribution in [1.82, 2.24) is 15.6 Å². The number of carbonyl (C=O) groups excluding carboxylic acids is 1. The van der Waals surface area contributed by atoms with Crippen molar-refractivity contribution in [3.63, 3.8) is 0 Å². The molecule has 0 fully saturated rings. The highest BCUT2D eigenvalue weighted by atomic mass is 32.1. The molecule has 0 saturated heterocycles. The molecule has 1 aromatic rings. The zero-order chi connectivity index (χ0) is 16.0. The zero-order valence-electron chi connectivity index (χ0n) is 12.5. The van der Waals surface area contributed by atoms with Gasteiger partial charge in [-0.05, 0) is 13.8 Å². The number of allylic oxidation sites excluding steroid dienone is 1. The zero-order valence-corrected chi connectivity index (χ0v) is 13.4. The SMILES string of the molecule is C1=NCNC2=C1CC=N2.CC(C)(CO)NC(=O)c1cscn1. The number of thiazole rings is 1. The van der Waals surface area contributed by atoms with E-state index in [-0.39, 0.29) is 12.5 Å². The van der Waals surface area contributed by atoms with E-state index in [0.29, 0.717) is 12.4 Å². The van der Waals surface area contributed by atoms with Crippen LogP contribution < -0.4 is 10.6 Å². The molecule has 0 saturated carbocycles. The summed E-state index contributed by atoms with van der Waals surface area (Å²) in [5.74, 6) is 0.755. The van der Waals surface area contributed by atoms with Gasteiger partial charge in [-0.2, -0.15) is 0 Å². The first-order valence-corrected chi connectivity index (χ1v) is 7.77. The standard InChI is InChI=1S/C8H12N2O2S.C6H7N3/c1-8(2,4-11)10-7(12)6-3-13-5-9-6;1-2-8-6-5(1)3-7-4-9-6/h3,5,11H,4H2,1-2H3,(H,10,12);2-3,9H,1,4H2. The predicted molar refractivity (Wildman–Crippen MR) is 87.4 cm³/mol. The molecule has 0 spiro atoms. The van der Waals surface area contributed by atoms with Crippen molar-refractivity contribution < 1.29 is 9.90 Å². The Labute approximate surface area is 132 Å². The molecule has 8 heteroatoms. The van der Waals surface area contributed by atoms with Gasteiger partial charge < -0.3 is 15.7 Å². The molecule has 0 radical (unpaired) electrons. The van der Waals surface area contributed by atoms with Gasteiger partial charge in [-0.3, -0.25) is 9.79 Å². The van der Waals surface area contributed by atoms with E-state index in [9.17, 15) is 4.79 Å². The third-order valence-electron chi connectivity index (χ3n) is 2.93. The van der Waals surface area contributed by atoms with Crippen LogP contribution in [0, 0.1) is 0 Å². The Morgan fingerprint density at radius 1 is 1.55 bits per heavy atom. The van der Waals surface area contributed by atoms with E-state index in [2.05, 4.69) is 25.6 Å². The molecule has 2 aliphatic rings. The minimum absolute atomic E-state index is 0.0944. The van der Waals surface area contributed by atoms with Gasteiger partial charge in [0, 0.05) is 29.8 Å². The van der Waals surface area contributed by atoms with Crippen molar-refractivity contribution >= 4 is 29.7 Å². The summed E-state index contributed by atoms with van der Waals surface area (Å²) in [5.41, 5.74) is 2.61. The second-order valence-corrected chi connectivity index (χ2v) is 6.12. The lowest BCUT2D eigenvalue weighted by Crippen LogP contribution is -2.46. The number of aliphatic hydroxyl groups is 1. The van der Waals surface area contributed by atoms with E-state index in [0.717, 1.165) is 12.2 Å². The summed E-state index contributed by atoms with van der Waals surface area (Å²) >= 11 is 1.37. The van der Waals surface area contributed by atoms with Gasteiger partial charge in [-0.25, -0.2) is 9.98 Å². The normalized spacial score (nSPS) is 15.8. The molecular weight excluding hydrogens is 302 g/mol. The maximum absolute atomic E-state index is 11.4. The van der Waals surface area contributed by atoms with Crippen molar-refractivity contribution in [3.8, 4) is 0 Å². The molecule has 3 heterocycles. The molecule has 0 aromatic carbocycles. The lowest BCUT2D eigenvalue weighted by atomic mass is 10.1. The Kier molecular flexibility index (Phi) is 5.40. The van der Waals surface area contributed by atoms with E-state index in [1.807, 2.05) is 12.4 Å². The average Bonchev–Trinajstić information content (AvgIpc) is 3.19. The highest BCUT2D eigenvalue weighted by molar-refractivity contribution is 7.07. The molecule has 118 valence electrons. The van der Waals surface area contributed by atoms with Gasteiger partial charge in [0.1, 0.15) is 18.2 Å². The van der Waals surface area contributed by atoms with E-state index in [1.165, 1.54) is 16.9 Å². The molecule has 3 rings (SSSR count). The quantitative estimate of drug-likeness (QED) is 0.772. The van der Waals surface area contributed by atoms with Gasteiger partial charge >= 0.3 is 0 Å². The van der Waals surface area contributed by atoms with Crippen molar-refractivity contribution in [2.24, 2.45) is 9.98 Å². The van der Waals surface area contributed by atoms with E-state index < -0.39 is 5.54 Å². The Morgan fingerprint density at radius 3 is 3.00 bits per heavy atom. The van der Waals surface area contributed by atoms with Crippen LogP contribution in [0.25, 0.3) is 0 Å². The maximum atomic E-state index is 11.4. The van der Waals surface area contributed by atoms with Crippen LogP contribution >= 0.6 is 11.3 Å². The number of nitrogens with one attached hydrogen (secondary N) is 2. The summed E-state index contributed by atoms with van der Waals surface area (Å²) in [4.78, 5) is 23.4. The summed E-state index contributed by atoms with van der Waals surface area (Å²) in [5, 5.41) is 16.3. The largest absolute Gasteiger partial charge is 0.394 e. The van der Waals surface area contributed by atoms with Gasteiger partial charge in [0.25, 0.3) is 5.91 Å². The average molecular weight is 321 g/mol. The number of amides is 1. The number of hydrogen-bond acceptors (Lipinski definition) is 7. The highest BCUT2D eigenvalue weighted by Gasteiger charge is 2.20. The lowest BCUT2D eigenvalue weighted by molar-refractivity contribution is 0.0865. The molecule has 7 nitrogen and oxygen atoms in total. The summed E-state index contributed by atoms with van der Waals surface area (Å²) in [6, 6.07) is 0. The summed E-state index contributed by atoms with van der Waals surface area (Å²) in [6.07, 6.45) is 4.72. The van der Waals surface area contributed by atoms with Crippen LogP contribution in [0.4, 0.5) is 0 Å². The smallest absolute Gasteiger partial charge is 0.271 e. The fourth-order valence-electron chi connectivity index (χ4n) is 1.70. The second-order valence-electron chi connectivity index (χ2n) is 5.41. The maximum Gasteiger partial charge on any atom is 0.271 e. The fourth-order valence-corrected chi connectivity index (χ4v) is 2.23. The number of aliphatic hydroxyl groups excluding tert-OH is 1. The Morgan fingerprint density at radius 2 is 2.36 bits per heavy atom. The highest BCUT2D eigenvalue weighted by Crippen LogP contribution is 2.12. The van der Waals surface area contributed by atoms with E-state index in [4.69, 9.17) is 5.11 Å². The third kappa shape index (κ3) is 4.47. The molecular formula is C14H19N5O2S. The molecule has 0 unspecified atom stereocenters. The minimum atomic E-state index is -0.597. The van der Waals surface area contributed by atoms with Crippen LogP contribution in [0.1, 0.15) is 30.8 Å². The van der Waals surface area contributed by atoms with Crippen LogP contribution in [0.5, 0.6) is 0 Å². The first kappa shape index (κ1) is 16.3. The first-order valence-electron chi connectivity index (χ1n) is 6.83. The van der Waals surface area contributed by atoms with Crippen LogP contribution in [0.15, 0.2) is 32.3 Å². The van der Waals surface area contributed by atoms with Crippen LogP contribution in [0.3, 0.4) is 0 Å². The fraction of sp³-hybridized carbons (Fsp3) is 0.429. The van der Waals surface area contributed by atoms with E-state index in [1.54, 1.807) is 24.7 Å². The van der Waals surface area contributed by atoms with Gasteiger partial charge in [-0.1, -0.05) is 0 Å². The number of nitrogens with zero attached hydrogens (tertiary/aromatic N) is 3. The second kappa shape index (κ2) is 7.28. The van der Waals surface area contributed by atoms with Crippen molar-refractivity contribution in [2.75, 3.05) is 13.3 Å². The summed E-state index contributed by atoms with van der Waals surface area (Å²) in [6.45, 7) is 4.08. The van der Waals surface area contributed by atoms with E-state index >= 15 is 0 Å². The Hall–Kier alpha value is -2.06. The van der Waals surface area contributed by atoms with Crippen molar-refractivity contribution in [1.29, 1.82) is 0 Å². The summed E-state index contributed by atoms with van der Waals surface area (Å²) < 4.78 is 0. The number of carbonyl (C=O) groups is 1. The Balaban J connectivity index is 0.000000170. The molecule has 2 aliphatic heterocycles. The van der Waals surface area contributed by atoms with Gasteiger partial charge in [0.15, 0.2) is 0 Å². The summed E-state index contributed by atoms with van der Waals surface area (Å²) in [7, 11) is 0. The third-order valence-corrected chi connectivity index (χ3v) is 3.52. The number of hydrogen-bond donors (Lipinski definition) is 3. The number of rotatable bonds is 3. The molecule has 22 heavy (non-hydrogen) atoms. The molecule has 0 bridgehead atoms. The molecule has 1 aromatic heterocycles. The number of aromatic nitrogens is 1. The molecule has 1 amide bonds. The predicted octanol–water partition coefficient (Wildman–Crippen LogP) is 0.948. The number of aliphatic imine (C=N–C) groups is 2. The van der Waals surface area contributed by atoms with Crippen LogP contribution in [-0.2, 0) is 0 Å². The monoisotopic (exact) mass is 321 g/mol.